The van der Waals surface area contributed by atoms with E-state index in [1.54, 1.807) is 24.3 Å². The normalized spacial score (nSPS) is 19.2. The Balaban J connectivity index is 1.45. The van der Waals surface area contributed by atoms with E-state index in [2.05, 4.69) is 5.32 Å². The van der Waals surface area contributed by atoms with Crippen LogP contribution in [-0.2, 0) is 14.9 Å². The first-order chi connectivity index (χ1) is 16.5. The minimum atomic E-state index is -0.962. The lowest BCUT2D eigenvalue weighted by molar-refractivity contribution is -0.131. The summed E-state index contributed by atoms with van der Waals surface area (Å²) in [4.78, 5) is 24.7. The maximum absolute atomic E-state index is 13.6. The molecule has 1 aliphatic heterocycles. The number of nitrogens with one attached hydrogen (secondary N) is 1. The summed E-state index contributed by atoms with van der Waals surface area (Å²) in [6.45, 7) is 3.75. The summed E-state index contributed by atoms with van der Waals surface area (Å²) in [5.41, 5.74) is 1.42. The van der Waals surface area contributed by atoms with E-state index in [0.717, 1.165) is 23.5 Å². The number of carbonyl (C=O) groups excluding carboxylic acids is 1. The van der Waals surface area contributed by atoms with Crippen LogP contribution in [-0.4, -0.2) is 36.8 Å². The van der Waals surface area contributed by atoms with Crippen molar-refractivity contribution < 1.29 is 24.2 Å². The molecule has 6 heteroatoms. The summed E-state index contributed by atoms with van der Waals surface area (Å²) in [5, 5.41) is 12.3. The Bertz CT molecular complexity index is 957. The van der Waals surface area contributed by atoms with Crippen LogP contribution in [0.1, 0.15) is 79.4 Å². The molecule has 1 saturated carbocycles. The number of aromatic carboxylic acids is 1. The average molecular weight is 466 g/mol. The molecule has 4 rings (SSSR count). The predicted molar refractivity (Wildman–Crippen MR) is 130 cm³/mol. The van der Waals surface area contributed by atoms with Crippen LogP contribution in [0.15, 0.2) is 48.5 Å². The van der Waals surface area contributed by atoms with Crippen LogP contribution in [0.5, 0.6) is 5.75 Å². The minimum Gasteiger partial charge on any atom is -0.493 e. The first-order valence-corrected chi connectivity index (χ1v) is 12.4. The molecule has 1 amide bonds. The van der Waals surface area contributed by atoms with Gasteiger partial charge >= 0.3 is 5.97 Å². The summed E-state index contributed by atoms with van der Waals surface area (Å²) < 4.78 is 11.7. The highest BCUT2D eigenvalue weighted by Crippen LogP contribution is 2.37. The van der Waals surface area contributed by atoms with Gasteiger partial charge in [-0.1, -0.05) is 43.5 Å². The summed E-state index contributed by atoms with van der Waals surface area (Å²) in [6, 6.07) is 14.4. The van der Waals surface area contributed by atoms with Crippen molar-refractivity contribution in [3.63, 3.8) is 0 Å². The van der Waals surface area contributed by atoms with Crippen molar-refractivity contribution >= 4 is 11.9 Å². The molecule has 1 aliphatic carbocycles. The third-order valence-electron chi connectivity index (χ3n) is 7.40. The number of carboxylic acid groups (broad SMARTS) is 1. The maximum atomic E-state index is 13.6. The average Bonchev–Trinajstić information content (AvgIpc) is 2.88. The van der Waals surface area contributed by atoms with E-state index < -0.39 is 11.4 Å². The monoisotopic (exact) mass is 465 g/mol. The zero-order valence-electron chi connectivity index (χ0n) is 19.9. The van der Waals surface area contributed by atoms with Gasteiger partial charge in [-0.3, -0.25) is 4.79 Å². The Kier molecular flexibility index (Phi) is 7.88. The topological polar surface area (TPSA) is 84.9 Å². The smallest absolute Gasteiger partial charge is 0.335 e. The van der Waals surface area contributed by atoms with Gasteiger partial charge in [0.2, 0.25) is 5.91 Å². The Morgan fingerprint density at radius 2 is 1.68 bits per heavy atom. The highest BCUT2D eigenvalue weighted by molar-refractivity contribution is 5.89. The Hall–Kier alpha value is -2.86. The first kappa shape index (κ1) is 24.3. The summed E-state index contributed by atoms with van der Waals surface area (Å²) >= 11 is 0. The van der Waals surface area contributed by atoms with Gasteiger partial charge in [-0.05, 0) is 73.9 Å². The number of hydrogen-bond donors (Lipinski definition) is 2. The van der Waals surface area contributed by atoms with Crippen molar-refractivity contribution in [1.82, 2.24) is 5.32 Å². The lowest BCUT2D eigenvalue weighted by Crippen LogP contribution is -2.48. The van der Waals surface area contributed by atoms with Crippen LogP contribution in [0.4, 0.5) is 0 Å². The van der Waals surface area contributed by atoms with E-state index in [0.29, 0.717) is 32.0 Å². The quantitative estimate of drug-likeness (QED) is 0.555. The second-order valence-electron chi connectivity index (χ2n) is 9.66. The van der Waals surface area contributed by atoms with Crippen molar-refractivity contribution in [1.29, 1.82) is 0 Å². The molecule has 2 aromatic rings. The van der Waals surface area contributed by atoms with Gasteiger partial charge in [0, 0.05) is 13.2 Å². The molecule has 0 bridgehead atoms. The van der Waals surface area contributed by atoms with E-state index in [9.17, 15) is 9.59 Å². The van der Waals surface area contributed by atoms with Crippen molar-refractivity contribution in [2.45, 2.75) is 63.3 Å². The Morgan fingerprint density at radius 1 is 1.03 bits per heavy atom. The molecule has 2 N–H and O–H groups in total. The minimum absolute atomic E-state index is 0.0264. The summed E-state index contributed by atoms with van der Waals surface area (Å²) in [7, 11) is 0. The van der Waals surface area contributed by atoms with Gasteiger partial charge in [0.1, 0.15) is 5.75 Å². The summed E-state index contributed by atoms with van der Waals surface area (Å²) in [5.74, 6) is 0.507. The largest absolute Gasteiger partial charge is 0.493 e. The molecule has 1 atom stereocenters. The Morgan fingerprint density at radius 3 is 2.29 bits per heavy atom. The van der Waals surface area contributed by atoms with E-state index in [1.165, 1.54) is 32.1 Å². The van der Waals surface area contributed by atoms with E-state index in [-0.39, 0.29) is 17.5 Å². The predicted octanol–water partition coefficient (Wildman–Crippen LogP) is 5.27. The maximum Gasteiger partial charge on any atom is 0.335 e. The second kappa shape index (κ2) is 11.0. The molecule has 0 radical (unpaired) electrons. The number of hydrogen-bond acceptors (Lipinski definition) is 4. The SMILES string of the molecule is CC(NC(=O)C1(c2ccc(OCC3CCCCC3)cc2)CCOCC1)c1ccc(C(=O)O)cc1. The van der Waals surface area contributed by atoms with Crippen LogP contribution in [0.2, 0.25) is 0 Å². The molecule has 2 aromatic carbocycles. The molecular formula is C28H35NO5. The number of benzene rings is 2. The van der Waals surface area contributed by atoms with Gasteiger partial charge in [-0.15, -0.1) is 0 Å². The fraction of sp³-hybridized carbons (Fsp3) is 0.500. The molecule has 34 heavy (non-hydrogen) atoms. The number of carboxylic acids is 1. The van der Waals surface area contributed by atoms with Crippen LogP contribution >= 0.6 is 0 Å². The van der Waals surface area contributed by atoms with Gasteiger partial charge in [0.15, 0.2) is 0 Å². The molecule has 1 unspecified atom stereocenters. The standard InChI is InChI=1S/C28H35NO5/c1-20(22-7-9-23(10-8-22)26(30)31)29-27(32)28(15-17-33-18-16-28)24-11-13-25(14-12-24)34-19-21-5-3-2-4-6-21/h7-14,20-21H,2-6,15-19H2,1H3,(H,29,32)(H,30,31). The highest BCUT2D eigenvalue weighted by atomic mass is 16.5. The van der Waals surface area contributed by atoms with E-state index in [1.807, 2.05) is 31.2 Å². The second-order valence-corrected chi connectivity index (χ2v) is 9.66. The molecule has 2 aliphatic rings. The third-order valence-corrected chi connectivity index (χ3v) is 7.40. The van der Waals surface area contributed by atoms with Crippen molar-refractivity contribution in [3.05, 3.63) is 65.2 Å². The number of ether oxygens (including phenoxy) is 2. The fourth-order valence-electron chi connectivity index (χ4n) is 5.14. The zero-order chi connectivity index (χ0) is 24.0. The van der Waals surface area contributed by atoms with Crippen LogP contribution in [0.3, 0.4) is 0 Å². The molecule has 2 fully saturated rings. The lowest BCUT2D eigenvalue weighted by atomic mass is 9.73. The Labute approximate surface area is 201 Å². The molecule has 0 spiro atoms. The van der Waals surface area contributed by atoms with Gasteiger partial charge in [0.05, 0.1) is 23.6 Å². The fourth-order valence-corrected chi connectivity index (χ4v) is 5.14. The summed E-state index contributed by atoms with van der Waals surface area (Å²) in [6.07, 6.45) is 7.67. The van der Waals surface area contributed by atoms with Crippen LogP contribution in [0, 0.1) is 5.92 Å². The highest BCUT2D eigenvalue weighted by Gasteiger charge is 2.42. The molecular weight excluding hydrogens is 430 g/mol. The van der Waals surface area contributed by atoms with Gasteiger partial charge in [-0.25, -0.2) is 4.79 Å². The van der Waals surface area contributed by atoms with Crippen LogP contribution in [0.25, 0.3) is 0 Å². The lowest BCUT2D eigenvalue weighted by Gasteiger charge is -2.37. The first-order valence-electron chi connectivity index (χ1n) is 12.4. The molecule has 182 valence electrons. The number of amides is 1. The van der Waals surface area contributed by atoms with E-state index >= 15 is 0 Å². The molecule has 1 saturated heterocycles. The number of rotatable bonds is 8. The van der Waals surface area contributed by atoms with E-state index in [4.69, 9.17) is 14.6 Å². The van der Waals surface area contributed by atoms with Gasteiger partial charge < -0.3 is 19.9 Å². The van der Waals surface area contributed by atoms with Crippen LogP contribution < -0.4 is 10.1 Å². The molecule has 6 nitrogen and oxygen atoms in total. The number of carbonyl (C=O) groups is 2. The van der Waals surface area contributed by atoms with Crippen molar-refractivity contribution in [2.24, 2.45) is 5.92 Å². The van der Waals surface area contributed by atoms with Crippen molar-refractivity contribution in [2.75, 3.05) is 19.8 Å². The van der Waals surface area contributed by atoms with Gasteiger partial charge in [0.25, 0.3) is 0 Å². The van der Waals surface area contributed by atoms with Crippen molar-refractivity contribution in [3.8, 4) is 5.75 Å². The molecule has 1 heterocycles. The third kappa shape index (κ3) is 5.61. The van der Waals surface area contributed by atoms with Gasteiger partial charge in [-0.2, -0.15) is 0 Å². The molecule has 0 aromatic heterocycles. The zero-order valence-corrected chi connectivity index (χ0v) is 19.9.